The summed E-state index contributed by atoms with van der Waals surface area (Å²) < 4.78 is 32.3. The maximum absolute atomic E-state index is 12.0. The van der Waals surface area contributed by atoms with Crippen LogP contribution in [0.4, 0.5) is 3.89 Å². The molecule has 0 spiro atoms. The standard InChI is InChI=1S/C7H7FO2S.ClH/c8-11(9,10)6-7-4-2-1-3-5-7;/h1-5H,6H2;1H. The molecule has 68 valence electrons. The highest BCUT2D eigenvalue weighted by Crippen LogP contribution is 2.05. The predicted molar refractivity (Wildman–Crippen MR) is 47.4 cm³/mol. The molecule has 1 rings (SSSR count). The van der Waals surface area contributed by atoms with Crippen LogP contribution in [0.3, 0.4) is 0 Å². The first-order valence-electron chi connectivity index (χ1n) is 3.04. The Morgan fingerprint density at radius 2 is 1.67 bits per heavy atom. The van der Waals surface area contributed by atoms with Gasteiger partial charge in [-0.15, -0.1) is 16.3 Å². The van der Waals surface area contributed by atoms with Gasteiger partial charge in [-0.1, -0.05) is 30.3 Å². The maximum Gasteiger partial charge on any atom is 0.306 e. The van der Waals surface area contributed by atoms with Crippen molar-refractivity contribution < 1.29 is 12.3 Å². The summed E-state index contributed by atoms with van der Waals surface area (Å²) in [5.74, 6) is -0.534. The Labute approximate surface area is 77.0 Å². The minimum atomic E-state index is -4.38. The van der Waals surface area contributed by atoms with Gasteiger partial charge in [-0.05, 0) is 5.56 Å². The number of benzene rings is 1. The lowest BCUT2D eigenvalue weighted by Gasteiger charge is -1.93. The molecule has 0 aromatic heterocycles. The van der Waals surface area contributed by atoms with E-state index in [0.717, 1.165) is 0 Å². The van der Waals surface area contributed by atoms with Crippen molar-refractivity contribution in [1.29, 1.82) is 0 Å². The monoisotopic (exact) mass is 210 g/mol. The van der Waals surface area contributed by atoms with E-state index in [1.54, 1.807) is 30.3 Å². The lowest BCUT2D eigenvalue weighted by Crippen LogP contribution is -1.94. The lowest BCUT2D eigenvalue weighted by atomic mass is 10.2. The Bertz CT molecular complexity index is 323. The van der Waals surface area contributed by atoms with Gasteiger partial charge < -0.3 is 0 Å². The molecule has 0 saturated heterocycles. The van der Waals surface area contributed by atoms with Crippen molar-refractivity contribution >= 4 is 22.6 Å². The molecule has 0 aliphatic heterocycles. The van der Waals surface area contributed by atoms with Gasteiger partial charge in [-0.3, -0.25) is 0 Å². The molecule has 1 aromatic carbocycles. The smallest absolute Gasteiger partial charge is 0.194 e. The molecule has 1 aromatic rings. The fourth-order valence-corrected chi connectivity index (χ4v) is 1.36. The zero-order chi connectivity index (χ0) is 8.32. The van der Waals surface area contributed by atoms with Crippen molar-refractivity contribution in [1.82, 2.24) is 0 Å². The van der Waals surface area contributed by atoms with Crippen molar-refractivity contribution in [3.8, 4) is 0 Å². The summed E-state index contributed by atoms with van der Waals surface area (Å²) in [6.07, 6.45) is 0. The van der Waals surface area contributed by atoms with E-state index in [9.17, 15) is 12.3 Å². The van der Waals surface area contributed by atoms with Crippen molar-refractivity contribution in [2.24, 2.45) is 0 Å². The third kappa shape index (κ3) is 4.31. The molecular weight excluding hydrogens is 203 g/mol. The van der Waals surface area contributed by atoms with Crippen molar-refractivity contribution in [3.05, 3.63) is 35.9 Å². The molecule has 2 nitrogen and oxygen atoms in total. The molecule has 0 saturated carbocycles. The highest BCUT2D eigenvalue weighted by Gasteiger charge is 2.06. The van der Waals surface area contributed by atoms with E-state index in [1.807, 2.05) is 0 Å². The van der Waals surface area contributed by atoms with Crippen LogP contribution in [0.2, 0.25) is 0 Å². The van der Waals surface area contributed by atoms with E-state index in [1.165, 1.54) is 0 Å². The molecule has 0 fully saturated rings. The fraction of sp³-hybridized carbons (Fsp3) is 0.143. The summed E-state index contributed by atoms with van der Waals surface area (Å²) in [4.78, 5) is 0. The largest absolute Gasteiger partial charge is 0.306 e. The van der Waals surface area contributed by atoms with Crippen molar-refractivity contribution in [3.63, 3.8) is 0 Å². The zero-order valence-electron chi connectivity index (χ0n) is 6.10. The van der Waals surface area contributed by atoms with Crippen molar-refractivity contribution in [2.45, 2.75) is 5.75 Å². The second-order valence-corrected chi connectivity index (χ2v) is 3.54. The van der Waals surface area contributed by atoms with E-state index in [0.29, 0.717) is 5.56 Å². The van der Waals surface area contributed by atoms with E-state index < -0.39 is 16.0 Å². The van der Waals surface area contributed by atoms with Gasteiger partial charge in [-0.2, -0.15) is 8.42 Å². The molecule has 0 heterocycles. The predicted octanol–water partition coefficient (Wildman–Crippen LogP) is 1.91. The van der Waals surface area contributed by atoms with Crippen molar-refractivity contribution in [2.75, 3.05) is 0 Å². The Hall–Kier alpha value is -0.610. The van der Waals surface area contributed by atoms with E-state index >= 15 is 0 Å². The van der Waals surface area contributed by atoms with Gasteiger partial charge >= 0.3 is 10.2 Å². The van der Waals surface area contributed by atoms with E-state index in [4.69, 9.17) is 0 Å². The SMILES string of the molecule is Cl.O=S(=O)(F)Cc1ccccc1. The Kier molecular flexibility index (Phi) is 4.20. The Balaban J connectivity index is 0.00000121. The number of hydrogen-bond acceptors (Lipinski definition) is 2. The number of halogens is 2. The third-order valence-electron chi connectivity index (χ3n) is 1.18. The highest BCUT2D eigenvalue weighted by molar-refractivity contribution is 7.85. The average molecular weight is 211 g/mol. The normalized spacial score (nSPS) is 10.4. The summed E-state index contributed by atoms with van der Waals surface area (Å²) in [7, 11) is -4.38. The zero-order valence-corrected chi connectivity index (χ0v) is 7.74. The molecule has 0 bridgehead atoms. The van der Waals surface area contributed by atoms with Gasteiger partial charge in [0.05, 0.1) is 0 Å². The van der Waals surface area contributed by atoms with E-state index in [2.05, 4.69) is 0 Å². The molecule has 0 unspecified atom stereocenters. The molecule has 0 atom stereocenters. The van der Waals surface area contributed by atoms with Crippen LogP contribution in [-0.4, -0.2) is 8.42 Å². The van der Waals surface area contributed by atoms with Crippen LogP contribution < -0.4 is 0 Å². The van der Waals surface area contributed by atoms with Gasteiger partial charge in [0, 0.05) is 0 Å². The van der Waals surface area contributed by atoms with Crippen LogP contribution in [-0.2, 0) is 16.0 Å². The first kappa shape index (κ1) is 11.4. The molecule has 12 heavy (non-hydrogen) atoms. The molecule has 0 N–H and O–H groups in total. The Morgan fingerprint density at radius 1 is 1.17 bits per heavy atom. The van der Waals surface area contributed by atoms with Gasteiger partial charge in [0.15, 0.2) is 0 Å². The van der Waals surface area contributed by atoms with Crippen LogP contribution in [0.25, 0.3) is 0 Å². The molecular formula is C7H8ClFO2S. The minimum Gasteiger partial charge on any atom is -0.194 e. The van der Waals surface area contributed by atoms with Gasteiger partial charge in [-0.25, -0.2) is 0 Å². The topological polar surface area (TPSA) is 34.1 Å². The molecule has 0 aliphatic rings. The fourth-order valence-electron chi connectivity index (χ4n) is 0.773. The molecule has 0 aliphatic carbocycles. The second-order valence-electron chi connectivity index (χ2n) is 2.17. The third-order valence-corrected chi connectivity index (χ3v) is 1.86. The van der Waals surface area contributed by atoms with E-state index in [-0.39, 0.29) is 12.4 Å². The summed E-state index contributed by atoms with van der Waals surface area (Å²) in [6.45, 7) is 0. The first-order chi connectivity index (χ1) is 5.08. The minimum absolute atomic E-state index is 0. The lowest BCUT2D eigenvalue weighted by molar-refractivity contribution is 0.551. The average Bonchev–Trinajstić information content (AvgIpc) is 1.85. The number of rotatable bonds is 2. The molecule has 5 heteroatoms. The van der Waals surface area contributed by atoms with Crippen LogP contribution in [0, 0.1) is 0 Å². The van der Waals surface area contributed by atoms with Crippen LogP contribution >= 0.6 is 12.4 Å². The summed E-state index contributed by atoms with van der Waals surface area (Å²) in [5, 5.41) is 0. The first-order valence-corrected chi connectivity index (χ1v) is 4.59. The van der Waals surface area contributed by atoms with Gasteiger partial charge in [0.1, 0.15) is 5.75 Å². The summed E-state index contributed by atoms with van der Waals surface area (Å²) in [5.41, 5.74) is 0.468. The van der Waals surface area contributed by atoms with Crippen LogP contribution in [0.15, 0.2) is 30.3 Å². The summed E-state index contributed by atoms with van der Waals surface area (Å²) in [6, 6.07) is 8.21. The van der Waals surface area contributed by atoms with Crippen LogP contribution in [0.1, 0.15) is 5.56 Å². The highest BCUT2D eigenvalue weighted by atomic mass is 35.5. The quantitative estimate of drug-likeness (QED) is 0.699. The summed E-state index contributed by atoms with van der Waals surface area (Å²) >= 11 is 0. The van der Waals surface area contributed by atoms with Gasteiger partial charge in [0.2, 0.25) is 0 Å². The second kappa shape index (κ2) is 4.42. The Morgan fingerprint density at radius 3 is 2.08 bits per heavy atom. The van der Waals surface area contributed by atoms with Crippen LogP contribution in [0.5, 0.6) is 0 Å². The maximum atomic E-state index is 12.0. The molecule has 0 radical (unpaired) electrons. The molecule has 0 amide bonds. The van der Waals surface area contributed by atoms with Gasteiger partial charge in [0.25, 0.3) is 0 Å². The number of hydrogen-bond donors (Lipinski definition) is 0.